The Morgan fingerprint density at radius 2 is 2.08 bits per heavy atom. The van der Waals surface area contributed by atoms with Crippen LogP contribution in [0.15, 0.2) is 36.8 Å². The summed E-state index contributed by atoms with van der Waals surface area (Å²) in [7, 11) is 0. The molecular formula is C20H23N5O. The number of pyridine rings is 2. The Morgan fingerprint density at radius 3 is 2.85 bits per heavy atom. The summed E-state index contributed by atoms with van der Waals surface area (Å²) >= 11 is 0. The zero-order valence-electron chi connectivity index (χ0n) is 15.1. The van der Waals surface area contributed by atoms with Crippen molar-refractivity contribution in [2.24, 2.45) is 0 Å². The lowest BCUT2D eigenvalue weighted by Crippen LogP contribution is -2.27. The number of nitrogens with one attached hydrogen (secondary N) is 1. The van der Waals surface area contributed by atoms with E-state index in [1.165, 1.54) is 25.7 Å². The van der Waals surface area contributed by atoms with Crippen LogP contribution in [0.2, 0.25) is 0 Å². The summed E-state index contributed by atoms with van der Waals surface area (Å²) in [6.07, 6.45) is 8.37. The second kappa shape index (κ2) is 6.86. The van der Waals surface area contributed by atoms with Gasteiger partial charge < -0.3 is 9.88 Å². The summed E-state index contributed by atoms with van der Waals surface area (Å²) in [4.78, 5) is 26.1. The molecular weight excluding hydrogens is 326 g/mol. The highest BCUT2D eigenvalue weighted by Gasteiger charge is 2.20. The zero-order valence-corrected chi connectivity index (χ0v) is 15.1. The maximum Gasteiger partial charge on any atom is 0.253 e. The molecule has 0 aromatic carbocycles. The Bertz CT molecular complexity index is 942. The van der Waals surface area contributed by atoms with E-state index < -0.39 is 0 Å². The molecule has 1 amide bonds. The van der Waals surface area contributed by atoms with Crippen LogP contribution in [0.3, 0.4) is 0 Å². The number of fused-ring (bicyclic) bond motifs is 1. The molecule has 1 unspecified atom stereocenters. The lowest BCUT2D eigenvalue weighted by Gasteiger charge is -2.14. The highest BCUT2D eigenvalue weighted by Crippen LogP contribution is 2.31. The highest BCUT2D eigenvalue weighted by atomic mass is 16.1. The van der Waals surface area contributed by atoms with E-state index in [-0.39, 0.29) is 11.9 Å². The van der Waals surface area contributed by atoms with Gasteiger partial charge in [0.05, 0.1) is 23.6 Å². The number of hydrogen-bond donors (Lipinski definition) is 1. The molecule has 134 valence electrons. The molecule has 0 radical (unpaired) electrons. The molecule has 0 saturated heterocycles. The Kier molecular flexibility index (Phi) is 4.41. The van der Waals surface area contributed by atoms with Crippen molar-refractivity contribution in [3.8, 4) is 0 Å². The van der Waals surface area contributed by atoms with E-state index in [1.807, 2.05) is 44.4 Å². The fourth-order valence-electron chi connectivity index (χ4n) is 3.65. The zero-order chi connectivity index (χ0) is 18.1. The topological polar surface area (TPSA) is 72.7 Å². The second-order valence-electron chi connectivity index (χ2n) is 7.06. The molecule has 6 heteroatoms. The van der Waals surface area contributed by atoms with Crippen LogP contribution in [0.5, 0.6) is 0 Å². The maximum absolute atomic E-state index is 12.6. The van der Waals surface area contributed by atoms with Gasteiger partial charge in [0.2, 0.25) is 0 Å². The van der Waals surface area contributed by atoms with Gasteiger partial charge in [-0.1, -0.05) is 18.9 Å². The number of amides is 1. The predicted octanol–water partition coefficient (Wildman–Crippen LogP) is 3.74. The molecule has 0 aliphatic heterocycles. The van der Waals surface area contributed by atoms with E-state index >= 15 is 0 Å². The van der Waals surface area contributed by atoms with Gasteiger partial charge in [-0.05, 0) is 44.9 Å². The van der Waals surface area contributed by atoms with Crippen molar-refractivity contribution in [3.63, 3.8) is 0 Å². The quantitative estimate of drug-likeness (QED) is 0.779. The first-order chi connectivity index (χ1) is 12.6. The number of carbonyl (C=O) groups is 1. The van der Waals surface area contributed by atoms with Gasteiger partial charge >= 0.3 is 0 Å². The van der Waals surface area contributed by atoms with Crippen LogP contribution in [0.25, 0.3) is 11.2 Å². The lowest BCUT2D eigenvalue weighted by molar-refractivity contribution is 0.0939. The molecule has 1 aliphatic carbocycles. The van der Waals surface area contributed by atoms with E-state index in [4.69, 9.17) is 0 Å². The fourth-order valence-corrected chi connectivity index (χ4v) is 3.65. The summed E-state index contributed by atoms with van der Waals surface area (Å²) in [6.45, 7) is 3.87. The molecule has 1 atom stereocenters. The van der Waals surface area contributed by atoms with E-state index in [0.29, 0.717) is 11.6 Å². The van der Waals surface area contributed by atoms with Crippen LogP contribution < -0.4 is 5.32 Å². The average Bonchev–Trinajstić information content (AvgIpc) is 3.30. The van der Waals surface area contributed by atoms with Crippen LogP contribution in [-0.2, 0) is 0 Å². The van der Waals surface area contributed by atoms with Crippen LogP contribution in [0.4, 0.5) is 0 Å². The third-order valence-corrected chi connectivity index (χ3v) is 5.09. The van der Waals surface area contributed by atoms with Crippen molar-refractivity contribution in [1.29, 1.82) is 0 Å². The standard InChI is InChI=1S/C20H23N5O/c1-13-6-5-9-17(23-13)14(2)24-20(26)15-10-18-19(21-11-15)25(12-22-18)16-7-3-4-8-16/h5-6,9-12,14,16H,3-4,7-8H2,1-2H3,(H,24,26). The van der Waals surface area contributed by atoms with Gasteiger partial charge in [-0.15, -0.1) is 0 Å². The molecule has 1 N–H and O–H groups in total. The summed E-state index contributed by atoms with van der Waals surface area (Å²) < 4.78 is 2.16. The van der Waals surface area contributed by atoms with Crippen LogP contribution >= 0.6 is 0 Å². The minimum absolute atomic E-state index is 0.161. The molecule has 26 heavy (non-hydrogen) atoms. The van der Waals surface area contributed by atoms with Crippen molar-refractivity contribution in [1.82, 2.24) is 24.8 Å². The smallest absolute Gasteiger partial charge is 0.253 e. The van der Waals surface area contributed by atoms with Crippen LogP contribution in [0.1, 0.15) is 66.4 Å². The summed E-state index contributed by atoms with van der Waals surface area (Å²) in [5, 5.41) is 2.99. The SMILES string of the molecule is Cc1cccc(C(C)NC(=O)c2cnc3c(c2)ncn3C2CCCC2)n1. The number of nitrogens with zero attached hydrogens (tertiary/aromatic N) is 4. The molecule has 1 aliphatic rings. The molecule has 1 saturated carbocycles. The van der Waals surface area contributed by atoms with Crippen LogP contribution in [-0.4, -0.2) is 25.4 Å². The Hall–Kier alpha value is -2.76. The van der Waals surface area contributed by atoms with Gasteiger partial charge in [0.15, 0.2) is 5.65 Å². The third-order valence-electron chi connectivity index (χ3n) is 5.09. The van der Waals surface area contributed by atoms with Gasteiger partial charge in [0.25, 0.3) is 5.91 Å². The van der Waals surface area contributed by atoms with Crippen molar-refractivity contribution < 1.29 is 4.79 Å². The summed E-state index contributed by atoms with van der Waals surface area (Å²) in [6, 6.07) is 7.94. The van der Waals surface area contributed by atoms with E-state index in [0.717, 1.165) is 22.6 Å². The predicted molar refractivity (Wildman–Crippen MR) is 99.9 cm³/mol. The highest BCUT2D eigenvalue weighted by molar-refractivity contribution is 5.96. The van der Waals surface area contributed by atoms with Gasteiger partial charge in [-0.25, -0.2) is 9.97 Å². The normalized spacial score (nSPS) is 16.1. The third kappa shape index (κ3) is 3.19. The largest absolute Gasteiger partial charge is 0.344 e. The van der Waals surface area contributed by atoms with E-state index in [9.17, 15) is 4.79 Å². The van der Waals surface area contributed by atoms with E-state index in [1.54, 1.807) is 6.20 Å². The first-order valence-corrected chi connectivity index (χ1v) is 9.19. The first kappa shape index (κ1) is 16.7. The number of imidazole rings is 1. The van der Waals surface area contributed by atoms with Gasteiger partial charge in [0.1, 0.15) is 5.52 Å². The van der Waals surface area contributed by atoms with Gasteiger partial charge in [0, 0.05) is 17.9 Å². The minimum atomic E-state index is -0.172. The minimum Gasteiger partial charge on any atom is -0.344 e. The monoisotopic (exact) mass is 349 g/mol. The number of rotatable bonds is 4. The molecule has 3 aromatic rings. The van der Waals surface area contributed by atoms with E-state index in [2.05, 4.69) is 24.8 Å². The number of carbonyl (C=O) groups excluding carboxylic acids is 1. The van der Waals surface area contributed by atoms with Crippen molar-refractivity contribution in [3.05, 3.63) is 53.7 Å². The first-order valence-electron chi connectivity index (χ1n) is 9.19. The second-order valence-corrected chi connectivity index (χ2v) is 7.06. The fraction of sp³-hybridized carbons (Fsp3) is 0.400. The molecule has 4 rings (SSSR count). The molecule has 3 aromatic heterocycles. The Morgan fingerprint density at radius 1 is 1.27 bits per heavy atom. The lowest BCUT2D eigenvalue weighted by atomic mass is 10.1. The Balaban J connectivity index is 1.53. The van der Waals surface area contributed by atoms with Crippen molar-refractivity contribution in [2.75, 3.05) is 0 Å². The summed E-state index contributed by atoms with van der Waals surface area (Å²) in [5.41, 5.74) is 3.93. The number of aromatic nitrogens is 4. The maximum atomic E-state index is 12.6. The average molecular weight is 349 g/mol. The molecule has 6 nitrogen and oxygen atoms in total. The van der Waals surface area contributed by atoms with Crippen molar-refractivity contribution >= 4 is 17.1 Å². The van der Waals surface area contributed by atoms with Crippen molar-refractivity contribution in [2.45, 2.75) is 51.6 Å². The number of hydrogen-bond acceptors (Lipinski definition) is 4. The molecule has 3 heterocycles. The summed E-state index contributed by atoms with van der Waals surface area (Å²) in [5.74, 6) is -0.161. The molecule has 0 spiro atoms. The van der Waals surface area contributed by atoms with Crippen LogP contribution in [0, 0.1) is 6.92 Å². The number of aryl methyl sites for hydroxylation is 1. The molecule has 0 bridgehead atoms. The molecule has 1 fully saturated rings. The van der Waals surface area contributed by atoms with Gasteiger partial charge in [-0.2, -0.15) is 0 Å². The van der Waals surface area contributed by atoms with Gasteiger partial charge in [-0.3, -0.25) is 9.78 Å². The Labute approximate surface area is 152 Å².